The van der Waals surface area contributed by atoms with E-state index in [4.69, 9.17) is 32.7 Å². The Morgan fingerprint density at radius 3 is 2.52 bits per heavy atom. The molecule has 3 aromatic carbocycles. The molecule has 0 aliphatic carbocycles. The highest BCUT2D eigenvalue weighted by Crippen LogP contribution is 2.37. The van der Waals surface area contributed by atoms with Crippen LogP contribution in [0.25, 0.3) is 0 Å². The lowest BCUT2D eigenvalue weighted by molar-refractivity contribution is 0.0955. The highest BCUT2D eigenvalue weighted by molar-refractivity contribution is 14.1. The first-order valence-electron chi connectivity index (χ1n) is 9.39. The van der Waals surface area contributed by atoms with Crippen LogP contribution in [0.3, 0.4) is 0 Å². The average molecular weight is 569 g/mol. The number of ether oxygens (including phenoxy) is 2. The van der Waals surface area contributed by atoms with Crippen molar-refractivity contribution in [3.05, 3.63) is 91.0 Å². The van der Waals surface area contributed by atoms with Gasteiger partial charge in [-0.1, -0.05) is 41.4 Å². The van der Waals surface area contributed by atoms with Crippen molar-refractivity contribution in [1.29, 1.82) is 0 Å². The molecule has 0 heterocycles. The molecule has 160 valence electrons. The van der Waals surface area contributed by atoms with Crippen LogP contribution < -0.4 is 14.9 Å². The molecule has 1 N–H and O–H groups in total. The fraction of sp³-hybridized carbons (Fsp3) is 0.130. The van der Waals surface area contributed by atoms with Gasteiger partial charge in [-0.05, 0) is 77.5 Å². The molecular formula is C23H19Cl2IN2O3. The number of nitrogens with one attached hydrogen (secondary N) is 1. The van der Waals surface area contributed by atoms with E-state index in [0.717, 1.165) is 9.13 Å². The van der Waals surface area contributed by atoms with E-state index in [9.17, 15) is 4.79 Å². The predicted octanol–water partition coefficient (Wildman–Crippen LogP) is 6.34. The molecule has 0 radical (unpaired) electrons. The summed E-state index contributed by atoms with van der Waals surface area (Å²) in [5.74, 6) is 0.597. The van der Waals surface area contributed by atoms with Crippen LogP contribution in [0.4, 0.5) is 0 Å². The molecule has 0 aromatic heterocycles. The van der Waals surface area contributed by atoms with Crippen molar-refractivity contribution in [2.75, 3.05) is 6.61 Å². The van der Waals surface area contributed by atoms with Gasteiger partial charge in [0.1, 0.15) is 6.61 Å². The van der Waals surface area contributed by atoms with Crippen molar-refractivity contribution in [2.24, 2.45) is 5.10 Å². The maximum atomic E-state index is 12.2. The first kappa shape index (κ1) is 23.4. The van der Waals surface area contributed by atoms with Gasteiger partial charge in [-0.3, -0.25) is 4.79 Å². The highest BCUT2D eigenvalue weighted by Gasteiger charge is 2.13. The zero-order valence-electron chi connectivity index (χ0n) is 16.6. The zero-order chi connectivity index (χ0) is 22.2. The molecular weight excluding hydrogens is 550 g/mol. The second-order valence-electron chi connectivity index (χ2n) is 6.35. The Hall–Kier alpha value is -2.29. The number of nitrogens with zero attached hydrogens (tertiary/aromatic N) is 1. The maximum Gasteiger partial charge on any atom is 0.271 e. The van der Waals surface area contributed by atoms with E-state index in [-0.39, 0.29) is 12.5 Å². The second-order valence-corrected chi connectivity index (χ2v) is 8.41. The Bertz CT molecular complexity index is 1090. The minimum absolute atomic E-state index is 0.249. The Kier molecular flexibility index (Phi) is 8.57. The summed E-state index contributed by atoms with van der Waals surface area (Å²) in [6.45, 7) is 2.55. The fourth-order valence-corrected chi connectivity index (χ4v) is 3.49. The van der Waals surface area contributed by atoms with Crippen molar-refractivity contribution in [3.63, 3.8) is 0 Å². The summed E-state index contributed by atoms with van der Waals surface area (Å²) in [7, 11) is 0. The molecule has 0 spiro atoms. The number of amides is 1. The molecule has 3 aromatic rings. The minimum atomic E-state index is -0.302. The first-order chi connectivity index (χ1) is 15.0. The lowest BCUT2D eigenvalue weighted by Gasteiger charge is -2.15. The van der Waals surface area contributed by atoms with Gasteiger partial charge in [0.15, 0.2) is 11.5 Å². The van der Waals surface area contributed by atoms with Gasteiger partial charge in [0, 0.05) is 19.7 Å². The van der Waals surface area contributed by atoms with E-state index in [1.165, 1.54) is 6.21 Å². The van der Waals surface area contributed by atoms with Crippen LogP contribution in [-0.4, -0.2) is 18.7 Å². The summed E-state index contributed by atoms with van der Waals surface area (Å²) in [5.41, 5.74) is 4.52. The van der Waals surface area contributed by atoms with Crippen LogP contribution in [0, 0.1) is 3.57 Å². The molecule has 0 unspecified atom stereocenters. The summed E-state index contributed by atoms with van der Waals surface area (Å²) in [6, 6.07) is 18.1. The van der Waals surface area contributed by atoms with Gasteiger partial charge in [0.05, 0.1) is 17.8 Å². The standard InChI is InChI=1S/C23H19Cl2IN2O3/c1-2-30-21-12-15(13-27-28-23(29)16-7-9-18(26)10-8-16)11-20(25)22(21)31-14-17-5-3-4-6-19(17)24/h3-13H,2,14H2,1H3,(H,28,29)/b27-13-. The SMILES string of the molecule is CCOc1cc(/C=N\NC(=O)c2ccc(I)cc2)cc(Cl)c1OCc1ccccc1Cl. The van der Waals surface area contributed by atoms with Gasteiger partial charge in [-0.25, -0.2) is 5.43 Å². The molecule has 31 heavy (non-hydrogen) atoms. The van der Waals surface area contributed by atoms with Gasteiger partial charge < -0.3 is 9.47 Å². The Balaban J connectivity index is 1.73. The van der Waals surface area contributed by atoms with Gasteiger partial charge in [0.25, 0.3) is 5.91 Å². The molecule has 0 aliphatic heterocycles. The van der Waals surface area contributed by atoms with E-state index in [0.29, 0.717) is 39.3 Å². The zero-order valence-corrected chi connectivity index (χ0v) is 20.2. The molecule has 0 atom stereocenters. The highest BCUT2D eigenvalue weighted by atomic mass is 127. The second kappa shape index (κ2) is 11.4. The van der Waals surface area contributed by atoms with Gasteiger partial charge in [-0.2, -0.15) is 5.10 Å². The van der Waals surface area contributed by atoms with E-state index >= 15 is 0 Å². The molecule has 0 bridgehead atoms. The first-order valence-corrected chi connectivity index (χ1v) is 11.2. The number of hydrazone groups is 1. The van der Waals surface area contributed by atoms with Crippen LogP contribution in [0.2, 0.25) is 10.0 Å². The molecule has 0 saturated carbocycles. The van der Waals surface area contributed by atoms with Gasteiger partial charge in [-0.15, -0.1) is 0 Å². The molecule has 0 saturated heterocycles. The van der Waals surface area contributed by atoms with Gasteiger partial charge >= 0.3 is 0 Å². The van der Waals surface area contributed by atoms with E-state index < -0.39 is 0 Å². The Morgan fingerprint density at radius 1 is 1.06 bits per heavy atom. The number of hydrogen-bond donors (Lipinski definition) is 1. The number of hydrogen-bond acceptors (Lipinski definition) is 4. The maximum absolute atomic E-state index is 12.2. The molecule has 8 heteroatoms. The number of rotatable bonds is 8. The third kappa shape index (κ3) is 6.59. The largest absolute Gasteiger partial charge is 0.490 e. The Labute approximate surface area is 204 Å². The molecule has 0 aliphatic rings. The van der Waals surface area contributed by atoms with Crippen LogP contribution in [0.5, 0.6) is 11.5 Å². The van der Waals surface area contributed by atoms with Crippen molar-refractivity contribution in [2.45, 2.75) is 13.5 Å². The molecule has 3 rings (SSSR count). The third-order valence-electron chi connectivity index (χ3n) is 4.15. The number of carbonyl (C=O) groups excluding carboxylic acids is 1. The average Bonchev–Trinajstić information content (AvgIpc) is 2.75. The minimum Gasteiger partial charge on any atom is -0.490 e. The summed E-state index contributed by atoms with van der Waals surface area (Å²) in [4.78, 5) is 12.2. The van der Waals surface area contributed by atoms with Gasteiger partial charge in [0.2, 0.25) is 0 Å². The van der Waals surface area contributed by atoms with Crippen LogP contribution in [-0.2, 0) is 6.61 Å². The van der Waals surface area contributed by atoms with Crippen LogP contribution in [0.1, 0.15) is 28.4 Å². The van der Waals surface area contributed by atoms with Crippen molar-refractivity contribution in [1.82, 2.24) is 5.43 Å². The van der Waals surface area contributed by atoms with Crippen molar-refractivity contribution < 1.29 is 14.3 Å². The molecule has 5 nitrogen and oxygen atoms in total. The fourth-order valence-electron chi connectivity index (χ4n) is 2.66. The summed E-state index contributed by atoms with van der Waals surface area (Å²) < 4.78 is 12.6. The normalized spacial score (nSPS) is 10.8. The molecule has 1 amide bonds. The molecule has 0 fully saturated rings. The van der Waals surface area contributed by atoms with Crippen LogP contribution in [0.15, 0.2) is 65.8 Å². The van der Waals surface area contributed by atoms with Crippen molar-refractivity contribution in [3.8, 4) is 11.5 Å². The quantitative estimate of drug-likeness (QED) is 0.196. The Morgan fingerprint density at radius 2 is 1.81 bits per heavy atom. The van der Waals surface area contributed by atoms with E-state index in [1.54, 1.807) is 30.3 Å². The number of carbonyl (C=O) groups is 1. The smallest absolute Gasteiger partial charge is 0.271 e. The predicted molar refractivity (Wildman–Crippen MR) is 133 cm³/mol. The topological polar surface area (TPSA) is 59.9 Å². The number of benzene rings is 3. The van der Waals surface area contributed by atoms with Crippen molar-refractivity contribution >= 4 is 57.9 Å². The summed E-state index contributed by atoms with van der Waals surface area (Å²) in [5, 5.41) is 5.00. The number of halogens is 3. The van der Waals surface area contributed by atoms with E-state index in [1.807, 2.05) is 37.3 Å². The lowest BCUT2D eigenvalue weighted by atomic mass is 10.2. The monoisotopic (exact) mass is 568 g/mol. The third-order valence-corrected chi connectivity index (χ3v) is 5.52. The lowest BCUT2D eigenvalue weighted by Crippen LogP contribution is -2.17. The summed E-state index contributed by atoms with van der Waals surface area (Å²) in [6.07, 6.45) is 1.50. The van der Waals surface area contributed by atoms with E-state index in [2.05, 4.69) is 33.1 Å². The van der Waals surface area contributed by atoms with Crippen LogP contribution >= 0.6 is 45.8 Å². The summed E-state index contributed by atoms with van der Waals surface area (Å²) >= 11 is 14.8.